The number of amides is 1. The normalized spacial score (nSPS) is 11.1. The van der Waals surface area contributed by atoms with Crippen molar-refractivity contribution in [2.24, 2.45) is 0 Å². The molecule has 0 spiro atoms. The molecular weight excluding hydrogens is 386 g/mol. The lowest BCUT2D eigenvalue weighted by molar-refractivity contribution is 0.0954. The van der Waals surface area contributed by atoms with Gasteiger partial charge in [-0.3, -0.25) is 14.5 Å². The molecule has 0 aliphatic heterocycles. The summed E-state index contributed by atoms with van der Waals surface area (Å²) in [6, 6.07) is 17.3. The highest BCUT2D eigenvalue weighted by atomic mass is 32.2. The Morgan fingerprint density at radius 3 is 2.45 bits per heavy atom. The number of carbonyl (C=O) groups excluding carboxylic acids is 1. The summed E-state index contributed by atoms with van der Waals surface area (Å²) in [6.45, 7) is 4.07. The smallest absolute Gasteiger partial charge is 0.262 e. The van der Waals surface area contributed by atoms with Gasteiger partial charge in [0.1, 0.15) is 0 Å². The number of nitrogens with one attached hydrogen (secondary N) is 2. The van der Waals surface area contributed by atoms with Gasteiger partial charge in [-0.25, -0.2) is 8.42 Å². The third kappa shape index (κ3) is 5.42. The van der Waals surface area contributed by atoms with Crippen LogP contribution in [0, 0.1) is 13.8 Å². The molecule has 2 aromatic carbocycles. The first-order chi connectivity index (χ1) is 13.8. The number of benzene rings is 2. The average Bonchev–Trinajstić information content (AvgIpc) is 2.70. The van der Waals surface area contributed by atoms with Gasteiger partial charge >= 0.3 is 0 Å². The Morgan fingerprint density at radius 1 is 1.00 bits per heavy atom. The molecule has 0 bridgehead atoms. The zero-order valence-electron chi connectivity index (χ0n) is 16.3. The summed E-state index contributed by atoms with van der Waals surface area (Å²) >= 11 is 0. The minimum Gasteiger partial charge on any atom is -0.352 e. The summed E-state index contributed by atoms with van der Waals surface area (Å²) in [7, 11) is -3.70. The predicted molar refractivity (Wildman–Crippen MR) is 113 cm³/mol. The highest BCUT2D eigenvalue weighted by molar-refractivity contribution is 7.92. The van der Waals surface area contributed by atoms with Gasteiger partial charge in [-0.15, -0.1) is 0 Å². The molecule has 0 aliphatic carbocycles. The number of hydrogen-bond donors (Lipinski definition) is 2. The second-order valence-electron chi connectivity index (χ2n) is 6.78. The van der Waals surface area contributed by atoms with E-state index < -0.39 is 10.0 Å². The molecule has 0 fully saturated rings. The Morgan fingerprint density at radius 2 is 1.76 bits per heavy atom. The van der Waals surface area contributed by atoms with E-state index in [2.05, 4.69) is 15.0 Å². The van der Waals surface area contributed by atoms with E-state index in [0.717, 1.165) is 11.3 Å². The highest BCUT2D eigenvalue weighted by Crippen LogP contribution is 2.21. The van der Waals surface area contributed by atoms with Crippen molar-refractivity contribution in [3.8, 4) is 0 Å². The number of hydrogen-bond acceptors (Lipinski definition) is 4. The minimum atomic E-state index is -3.70. The standard InChI is InChI=1S/C22H23N3O3S/c1-16-6-7-17(2)21(15-16)29(27,28)25-20-10-8-18(9-11-20)22(26)24-14-12-19-5-3-4-13-23-19/h3-11,13,15,25H,12,14H2,1-2H3,(H,24,26). The molecule has 7 heteroatoms. The number of rotatable bonds is 7. The van der Waals surface area contributed by atoms with Crippen LogP contribution >= 0.6 is 0 Å². The summed E-state index contributed by atoms with van der Waals surface area (Å²) in [5, 5.41) is 2.84. The third-order valence-corrected chi connectivity index (χ3v) is 5.95. The molecule has 1 aromatic heterocycles. The van der Waals surface area contributed by atoms with E-state index in [1.807, 2.05) is 31.2 Å². The number of aryl methyl sites for hydroxylation is 2. The molecule has 0 unspecified atom stereocenters. The molecule has 1 heterocycles. The van der Waals surface area contributed by atoms with E-state index >= 15 is 0 Å². The molecule has 0 radical (unpaired) electrons. The van der Waals surface area contributed by atoms with E-state index in [4.69, 9.17) is 0 Å². The molecule has 6 nitrogen and oxygen atoms in total. The van der Waals surface area contributed by atoms with Crippen molar-refractivity contribution in [3.63, 3.8) is 0 Å². The third-order valence-electron chi connectivity index (χ3n) is 4.43. The summed E-state index contributed by atoms with van der Waals surface area (Å²) in [4.78, 5) is 16.7. The fourth-order valence-corrected chi connectivity index (χ4v) is 4.24. The summed E-state index contributed by atoms with van der Waals surface area (Å²) in [6.07, 6.45) is 2.36. The zero-order valence-corrected chi connectivity index (χ0v) is 17.2. The van der Waals surface area contributed by atoms with Crippen LogP contribution in [0.2, 0.25) is 0 Å². The van der Waals surface area contributed by atoms with E-state index in [0.29, 0.717) is 29.8 Å². The van der Waals surface area contributed by atoms with Crippen LogP contribution in [0.4, 0.5) is 5.69 Å². The Hall–Kier alpha value is -3.19. The summed E-state index contributed by atoms with van der Waals surface area (Å²) in [5.41, 5.74) is 3.31. The molecule has 0 saturated carbocycles. The van der Waals surface area contributed by atoms with Gasteiger partial charge in [0.05, 0.1) is 4.90 Å². The molecule has 29 heavy (non-hydrogen) atoms. The molecule has 0 atom stereocenters. The van der Waals surface area contributed by atoms with Gasteiger partial charge in [0.25, 0.3) is 15.9 Å². The van der Waals surface area contributed by atoms with Gasteiger partial charge in [0, 0.05) is 36.1 Å². The number of aromatic nitrogens is 1. The maximum absolute atomic E-state index is 12.7. The van der Waals surface area contributed by atoms with Crippen LogP contribution in [0.15, 0.2) is 71.8 Å². The van der Waals surface area contributed by atoms with Crippen LogP contribution < -0.4 is 10.0 Å². The molecular formula is C22H23N3O3S. The van der Waals surface area contributed by atoms with Crippen LogP contribution in [0.1, 0.15) is 27.2 Å². The Bertz CT molecular complexity index is 1100. The molecule has 0 aliphatic rings. The number of nitrogens with zero attached hydrogens (tertiary/aromatic N) is 1. The molecule has 2 N–H and O–H groups in total. The lowest BCUT2D eigenvalue weighted by Gasteiger charge is -2.12. The fourth-order valence-electron chi connectivity index (χ4n) is 2.85. The maximum atomic E-state index is 12.7. The van der Waals surface area contributed by atoms with Gasteiger partial charge in [-0.05, 0) is 67.4 Å². The van der Waals surface area contributed by atoms with Crippen LogP contribution in [0.25, 0.3) is 0 Å². The highest BCUT2D eigenvalue weighted by Gasteiger charge is 2.17. The lowest BCUT2D eigenvalue weighted by Crippen LogP contribution is -2.25. The number of carbonyl (C=O) groups is 1. The molecule has 150 valence electrons. The first-order valence-corrected chi connectivity index (χ1v) is 10.7. The lowest BCUT2D eigenvalue weighted by atomic mass is 10.2. The SMILES string of the molecule is Cc1ccc(C)c(S(=O)(=O)Nc2ccc(C(=O)NCCc3ccccn3)cc2)c1. The van der Waals surface area contributed by atoms with Gasteiger partial charge < -0.3 is 5.32 Å². The monoisotopic (exact) mass is 409 g/mol. The van der Waals surface area contributed by atoms with Crippen molar-refractivity contribution in [1.29, 1.82) is 0 Å². The van der Waals surface area contributed by atoms with Gasteiger partial charge in [0.2, 0.25) is 0 Å². The van der Waals surface area contributed by atoms with Crippen molar-refractivity contribution in [2.45, 2.75) is 25.2 Å². The van der Waals surface area contributed by atoms with Crippen molar-refractivity contribution in [3.05, 3.63) is 89.2 Å². The van der Waals surface area contributed by atoms with E-state index in [9.17, 15) is 13.2 Å². The fraction of sp³-hybridized carbons (Fsp3) is 0.182. The van der Waals surface area contributed by atoms with Crippen LogP contribution in [0.5, 0.6) is 0 Å². The van der Waals surface area contributed by atoms with Gasteiger partial charge in [-0.1, -0.05) is 18.2 Å². The zero-order chi connectivity index (χ0) is 20.9. The van der Waals surface area contributed by atoms with Crippen LogP contribution in [-0.4, -0.2) is 25.9 Å². The predicted octanol–water partition coefficient (Wildman–Crippen LogP) is 3.47. The topological polar surface area (TPSA) is 88.2 Å². The number of anilines is 1. The molecule has 0 saturated heterocycles. The van der Waals surface area contributed by atoms with E-state index in [1.165, 1.54) is 0 Å². The van der Waals surface area contributed by atoms with Crippen LogP contribution in [0.3, 0.4) is 0 Å². The van der Waals surface area contributed by atoms with E-state index in [1.54, 1.807) is 49.5 Å². The number of sulfonamides is 1. The maximum Gasteiger partial charge on any atom is 0.262 e. The molecule has 3 aromatic rings. The van der Waals surface area contributed by atoms with Gasteiger partial charge in [-0.2, -0.15) is 0 Å². The largest absolute Gasteiger partial charge is 0.352 e. The van der Waals surface area contributed by atoms with Gasteiger partial charge in [0.15, 0.2) is 0 Å². The molecule has 1 amide bonds. The summed E-state index contributed by atoms with van der Waals surface area (Å²) in [5.74, 6) is -0.218. The van der Waals surface area contributed by atoms with Crippen LogP contribution in [-0.2, 0) is 16.4 Å². The second-order valence-corrected chi connectivity index (χ2v) is 8.43. The van der Waals surface area contributed by atoms with Crippen molar-refractivity contribution >= 4 is 21.6 Å². The minimum absolute atomic E-state index is 0.218. The summed E-state index contributed by atoms with van der Waals surface area (Å²) < 4.78 is 27.9. The van der Waals surface area contributed by atoms with Crippen molar-refractivity contribution in [1.82, 2.24) is 10.3 Å². The quantitative estimate of drug-likeness (QED) is 0.625. The first kappa shape index (κ1) is 20.5. The number of pyridine rings is 1. The molecule has 3 rings (SSSR count). The first-order valence-electron chi connectivity index (χ1n) is 9.23. The average molecular weight is 410 g/mol. The van der Waals surface area contributed by atoms with Crippen molar-refractivity contribution in [2.75, 3.05) is 11.3 Å². The Kier molecular flexibility index (Phi) is 6.29. The second kappa shape index (κ2) is 8.87. The van der Waals surface area contributed by atoms with Crippen molar-refractivity contribution < 1.29 is 13.2 Å². The Balaban J connectivity index is 1.62. The van der Waals surface area contributed by atoms with E-state index in [-0.39, 0.29) is 10.8 Å². The Labute approximate surface area is 171 Å².